The Labute approximate surface area is 223 Å². The number of oxime groups is 1. The first-order valence-electron chi connectivity index (χ1n) is 10.7. The highest BCUT2D eigenvalue weighted by molar-refractivity contribution is 8.01. The van der Waals surface area contributed by atoms with Crippen molar-refractivity contribution in [3.63, 3.8) is 0 Å². The number of amides is 3. The smallest absolute Gasteiger partial charge is 0.352 e. The molecule has 0 saturated carbocycles. The number of β-lactam (4-membered cyclic amide) rings is 1. The van der Waals surface area contributed by atoms with Crippen molar-refractivity contribution in [2.45, 2.75) is 16.6 Å². The molecule has 3 amide bonds. The van der Waals surface area contributed by atoms with Crippen molar-refractivity contribution >= 4 is 59.2 Å². The summed E-state index contributed by atoms with van der Waals surface area (Å²) in [7, 11) is 1.66. The summed E-state index contributed by atoms with van der Waals surface area (Å²) in [5, 5.41) is 29.6. The fourth-order valence-corrected chi connectivity index (χ4v) is 5.88. The highest BCUT2D eigenvalue weighted by Gasteiger charge is 2.54. The third kappa shape index (κ3) is 5.45. The van der Waals surface area contributed by atoms with Gasteiger partial charge in [0, 0.05) is 18.6 Å². The lowest BCUT2D eigenvalue weighted by atomic mass is 10.0. The fourth-order valence-electron chi connectivity index (χ4n) is 3.55. The van der Waals surface area contributed by atoms with Crippen LogP contribution in [0.1, 0.15) is 5.69 Å². The van der Waals surface area contributed by atoms with Gasteiger partial charge in [-0.25, -0.2) is 14.5 Å². The van der Waals surface area contributed by atoms with Crippen molar-refractivity contribution in [1.29, 1.82) is 0 Å². The Morgan fingerprint density at radius 1 is 1.45 bits per heavy atom. The van der Waals surface area contributed by atoms with Gasteiger partial charge in [0.25, 0.3) is 11.8 Å². The molecule has 0 bridgehead atoms. The van der Waals surface area contributed by atoms with Crippen molar-refractivity contribution in [1.82, 2.24) is 35.4 Å². The molecule has 4 heterocycles. The summed E-state index contributed by atoms with van der Waals surface area (Å²) < 4.78 is 1.46. The van der Waals surface area contributed by atoms with E-state index in [9.17, 15) is 24.3 Å². The lowest BCUT2D eigenvalue weighted by Gasteiger charge is -2.49. The molecule has 3 N–H and O–H groups in total. The molecule has 2 aliphatic rings. The van der Waals surface area contributed by atoms with Gasteiger partial charge in [-0.05, 0) is 28.1 Å². The Balaban J connectivity index is 1.52. The Bertz CT molecular complexity index is 1390. The maximum absolute atomic E-state index is 13.1. The maximum Gasteiger partial charge on any atom is 0.352 e. The van der Waals surface area contributed by atoms with Gasteiger partial charge in [-0.1, -0.05) is 28.9 Å². The maximum atomic E-state index is 13.1. The second-order valence-corrected chi connectivity index (χ2v) is 9.63. The number of nitrogens with one attached hydrogen (secondary N) is 2. The normalized spacial score (nSPS) is 18.7. The van der Waals surface area contributed by atoms with Crippen molar-refractivity contribution in [2.24, 2.45) is 12.2 Å². The van der Waals surface area contributed by atoms with Crippen molar-refractivity contribution in [3.8, 4) is 12.3 Å². The Morgan fingerprint density at radius 3 is 2.95 bits per heavy atom. The molecular formula is C21H19N9O6S2. The lowest BCUT2D eigenvalue weighted by Crippen LogP contribution is -2.71. The summed E-state index contributed by atoms with van der Waals surface area (Å²) in [6.45, 7) is -0.227. The molecule has 2 aromatic rings. The molecule has 17 heteroatoms. The summed E-state index contributed by atoms with van der Waals surface area (Å²) in [5.41, 5.74) is 0.158. The number of aromatic nitrogens is 5. The zero-order chi connectivity index (χ0) is 27.2. The zero-order valence-corrected chi connectivity index (χ0v) is 21.2. The first kappa shape index (κ1) is 26.6. The molecule has 0 radical (unpaired) electrons. The van der Waals surface area contributed by atoms with Gasteiger partial charge in [0.1, 0.15) is 28.6 Å². The summed E-state index contributed by atoms with van der Waals surface area (Å²) >= 11 is 2.55. The van der Waals surface area contributed by atoms with Crippen LogP contribution >= 0.6 is 23.5 Å². The van der Waals surface area contributed by atoms with Gasteiger partial charge < -0.3 is 20.6 Å². The Hall–Kier alpha value is -4.43. The van der Waals surface area contributed by atoms with Crippen LogP contribution in [0.5, 0.6) is 0 Å². The number of nitrogens with zero attached hydrogens (tertiary/aromatic N) is 7. The minimum atomic E-state index is -1.26. The number of pyridine rings is 1. The van der Waals surface area contributed by atoms with Crippen LogP contribution in [0.3, 0.4) is 0 Å². The van der Waals surface area contributed by atoms with E-state index in [0.717, 1.165) is 4.90 Å². The number of hydrogen-bond acceptors (Lipinski definition) is 12. The van der Waals surface area contributed by atoms with Gasteiger partial charge in [0.15, 0.2) is 12.3 Å². The number of terminal acetylenes is 1. The molecule has 4 rings (SSSR count). The first-order valence-corrected chi connectivity index (χ1v) is 12.8. The Morgan fingerprint density at radius 2 is 2.26 bits per heavy atom. The molecule has 0 spiro atoms. The molecule has 2 aromatic heterocycles. The average Bonchev–Trinajstić information content (AvgIpc) is 3.32. The van der Waals surface area contributed by atoms with E-state index >= 15 is 0 Å². The minimum Gasteiger partial charge on any atom is -0.477 e. The molecule has 1 fully saturated rings. The van der Waals surface area contributed by atoms with Gasteiger partial charge in [0.2, 0.25) is 11.6 Å². The third-order valence-electron chi connectivity index (χ3n) is 5.21. The average molecular weight is 558 g/mol. The summed E-state index contributed by atoms with van der Waals surface area (Å²) in [4.78, 5) is 59.3. The summed E-state index contributed by atoms with van der Waals surface area (Å²) in [6.07, 6.45) is 5.60. The largest absolute Gasteiger partial charge is 0.477 e. The third-order valence-corrected chi connectivity index (χ3v) is 7.65. The second kappa shape index (κ2) is 11.7. The number of aliphatic carboxylic acids is 1. The van der Waals surface area contributed by atoms with Gasteiger partial charge >= 0.3 is 5.97 Å². The van der Waals surface area contributed by atoms with Gasteiger partial charge in [0.05, 0.1) is 0 Å². The fraction of sp³-hybridized carbons (Fsp3) is 0.286. The predicted octanol–water partition coefficient (Wildman–Crippen LogP) is -0.942. The predicted molar refractivity (Wildman–Crippen MR) is 134 cm³/mol. The lowest BCUT2D eigenvalue weighted by molar-refractivity contribution is -0.150. The minimum absolute atomic E-state index is 0.0509. The van der Waals surface area contributed by atoms with Crippen LogP contribution in [0.4, 0.5) is 5.82 Å². The van der Waals surface area contributed by atoms with E-state index in [1.54, 1.807) is 7.05 Å². The van der Waals surface area contributed by atoms with Crippen LogP contribution in [0.15, 0.2) is 39.8 Å². The first-order chi connectivity index (χ1) is 18.3. The number of carboxylic acids is 1. The van der Waals surface area contributed by atoms with Gasteiger partial charge in [-0.3, -0.25) is 19.3 Å². The number of aryl methyl sites for hydroxylation is 1. The summed E-state index contributed by atoms with van der Waals surface area (Å²) in [6, 6.07) is 3.47. The zero-order valence-electron chi connectivity index (χ0n) is 19.6. The number of fused-ring (bicyclic) bond motifs is 1. The van der Waals surface area contributed by atoms with Gasteiger partial charge in [-0.15, -0.1) is 23.3 Å². The molecule has 15 nitrogen and oxygen atoms in total. The van der Waals surface area contributed by atoms with Crippen LogP contribution in [0.25, 0.3) is 0 Å². The molecule has 2 atom stereocenters. The molecule has 1 saturated heterocycles. The quantitative estimate of drug-likeness (QED) is 0.0585. The molecule has 196 valence electrons. The molecule has 0 aliphatic carbocycles. The van der Waals surface area contributed by atoms with Crippen LogP contribution in [-0.2, 0) is 31.1 Å². The number of hydrogen-bond donors (Lipinski definition) is 3. The number of anilines is 1. The van der Waals surface area contributed by atoms with Crippen LogP contribution < -0.4 is 10.6 Å². The van der Waals surface area contributed by atoms with E-state index in [4.69, 9.17) is 11.3 Å². The van der Waals surface area contributed by atoms with Crippen LogP contribution in [0.2, 0.25) is 0 Å². The molecule has 2 aliphatic heterocycles. The van der Waals surface area contributed by atoms with Gasteiger partial charge in [-0.2, -0.15) is 0 Å². The van der Waals surface area contributed by atoms with Crippen molar-refractivity contribution in [3.05, 3.63) is 35.2 Å². The molecule has 1 unspecified atom stereocenters. The highest BCUT2D eigenvalue weighted by atomic mass is 32.2. The molecule has 0 aromatic carbocycles. The SMILES string of the molecule is C#CCO/N=C(\C(=O)NC1C(=O)N2C(C(=O)O)=C(CSc3nnnn3C)CS[C@H]12)c1cccc(NC=O)n1. The van der Waals surface area contributed by atoms with E-state index in [-0.39, 0.29) is 35.3 Å². The number of rotatable bonds is 11. The van der Waals surface area contributed by atoms with E-state index in [1.807, 2.05) is 0 Å². The molecular weight excluding hydrogens is 538 g/mol. The standard InChI is InChI=1S/C21H19N9O6S2/c1-3-7-36-26-14(12-5-4-6-13(23-12)22-10-31)17(32)24-15-18(33)30-16(20(34)35)11(8-37-19(15)30)9-38-21-25-27-28-29(21)2/h1,4-6,10,15,19H,7-9H2,2H3,(H,24,32)(H,34,35)(H,22,23,31)/b26-14-/t15?,19-/m1/s1. The Kier molecular flexibility index (Phi) is 8.23. The number of carboxylic acid groups (broad SMARTS) is 1. The monoisotopic (exact) mass is 557 g/mol. The van der Waals surface area contributed by atoms with E-state index in [1.165, 1.54) is 46.4 Å². The number of carbonyl (C=O) groups excluding carboxylic acids is 3. The molecule has 38 heavy (non-hydrogen) atoms. The number of thioether (sulfide) groups is 2. The summed E-state index contributed by atoms with van der Waals surface area (Å²) in [5.74, 6) is 0.297. The number of carbonyl (C=O) groups is 4. The van der Waals surface area contributed by atoms with E-state index < -0.39 is 29.2 Å². The van der Waals surface area contributed by atoms with E-state index in [0.29, 0.717) is 22.9 Å². The van der Waals surface area contributed by atoms with E-state index in [2.05, 4.69) is 42.2 Å². The topological polar surface area (TPSA) is 194 Å². The van der Waals surface area contributed by atoms with Crippen LogP contribution in [0, 0.1) is 12.3 Å². The highest BCUT2D eigenvalue weighted by Crippen LogP contribution is 2.41. The van der Waals surface area contributed by atoms with Crippen molar-refractivity contribution in [2.75, 3.05) is 23.4 Å². The van der Waals surface area contributed by atoms with Crippen molar-refractivity contribution < 1.29 is 29.1 Å². The number of tetrazole rings is 1. The van der Waals surface area contributed by atoms with Crippen LogP contribution in [-0.4, -0.2) is 94.6 Å². The second-order valence-electron chi connectivity index (χ2n) is 7.58.